The van der Waals surface area contributed by atoms with E-state index in [4.69, 9.17) is 0 Å². The number of aliphatic hydroxyl groups is 2. The van der Waals surface area contributed by atoms with Gasteiger partial charge in [-0.25, -0.2) is 0 Å². The van der Waals surface area contributed by atoms with Gasteiger partial charge in [-0.05, 0) is 6.92 Å². The maximum Gasteiger partial charge on any atom is 0.0770 e. The average molecular weight is 158 g/mol. The van der Waals surface area contributed by atoms with E-state index in [0.29, 0.717) is 0 Å². The van der Waals surface area contributed by atoms with Gasteiger partial charge in [-0.15, -0.1) is 0 Å². The average Bonchev–Trinajstić information content (AvgIpc) is 1.84. The highest BCUT2D eigenvalue weighted by Gasteiger charge is 2.68. The topological polar surface area (TPSA) is 40.5 Å². The van der Waals surface area contributed by atoms with E-state index in [-0.39, 0.29) is 10.8 Å². The Morgan fingerprint density at radius 2 is 1.18 bits per heavy atom. The van der Waals surface area contributed by atoms with Crippen molar-refractivity contribution in [3.8, 4) is 0 Å². The maximum atomic E-state index is 9.98. The third-order valence-corrected chi connectivity index (χ3v) is 3.88. The van der Waals surface area contributed by atoms with Crippen LogP contribution < -0.4 is 0 Å². The quantitative estimate of drug-likeness (QED) is 0.555. The van der Waals surface area contributed by atoms with Gasteiger partial charge in [0.1, 0.15) is 0 Å². The molecule has 2 heteroatoms. The van der Waals surface area contributed by atoms with Crippen LogP contribution in [-0.4, -0.2) is 21.9 Å². The standard InChI is InChI=1S/C9H18O2/c1-7(2)6(10)8(3,4)9(7,5)11/h6,10-11H,1-5H3. The van der Waals surface area contributed by atoms with Gasteiger partial charge in [0.2, 0.25) is 0 Å². The first-order valence-electron chi connectivity index (χ1n) is 4.06. The predicted molar refractivity (Wildman–Crippen MR) is 44.2 cm³/mol. The Kier molecular flexibility index (Phi) is 1.48. The summed E-state index contributed by atoms with van der Waals surface area (Å²) in [6.07, 6.45) is -0.412. The Labute approximate surface area is 68.2 Å². The highest BCUT2D eigenvalue weighted by Crippen LogP contribution is 2.61. The Morgan fingerprint density at radius 1 is 0.909 bits per heavy atom. The lowest BCUT2D eigenvalue weighted by Gasteiger charge is -2.66. The number of rotatable bonds is 0. The summed E-state index contributed by atoms with van der Waals surface area (Å²) in [5.74, 6) is 0. The SMILES string of the molecule is CC1(C)C(O)C(C)(C)C1(C)O. The van der Waals surface area contributed by atoms with Crippen LogP contribution in [0, 0.1) is 10.8 Å². The summed E-state index contributed by atoms with van der Waals surface area (Å²) in [6, 6.07) is 0. The van der Waals surface area contributed by atoms with Gasteiger partial charge in [-0.1, -0.05) is 27.7 Å². The molecule has 2 N–H and O–H groups in total. The fourth-order valence-corrected chi connectivity index (χ4v) is 2.19. The predicted octanol–water partition coefficient (Wildman–Crippen LogP) is 1.16. The van der Waals surface area contributed by atoms with Gasteiger partial charge in [-0.2, -0.15) is 0 Å². The van der Waals surface area contributed by atoms with Gasteiger partial charge in [0.15, 0.2) is 0 Å². The molecule has 0 unspecified atom stereocenters. The first kappa shape index (κ1) is 9.01. The molecule has 1 aliphatic carbocycles. The molecule has 0 aromatic carbocycles. The highest BCUT2D eigenvalue weighted by molar-refractivity contribution is 5.18. The lowest BCUT2D eigenvalue weighted by atomic mass is 9.43. The van der Waals surface area contributed by atoms with Gasteiger partial charge < -0.3 is 10.2 Å². The monoisotopic (exact) mass is 158 g/mol. The molecular weight excluding hydrogens is 140 g/mol. The maximum absolute atomic E-state index is 9.98. The molecule has 0 spiro atoms. The zero-order valence-electron chi connectivity index (χ0n) is 7.97. The third-order valence-electron chi connectivity index (χ3n) is 3.88. The largest absolute Gasteiger partial charge is 0.392 e. The molecule has 1 rings (SSSR count). The Morgan fingerprint density at radius 3 is 1.27 bits per heavy atom. The number of hydrogen-bond donors (Lipinski definition) is 2. The molecule has 0 aromatic heterocycles. The molecule has 66 valence electrons. The van der Waals surface area contributed by atoms with Crippen molar-refractivity contribution in [2.24, 2.45) is 10.8 Å². The molecule has 0 bridgehead atoms. The van der Waals surface area contributed by atoms with E-state index in [0.717, 1.165) is 0 Å². The molecule has 1 aliphatic rings. The molecule has 0 amide bonds. The summed E-state index contributed by atoms with van der Waals surface area (Å²) in [6.45, 7) is 9.36. The Balaban J connectivity index is 2.98. The van der Waals surface area contributed by atoms with E-state index in [2.05, 4.69) is 0 Å². The number of aliphatic hydroxyl groups excluding tert-OH is 1. The lowest BCUT2D eigenvalue weighted by molar-refractivity contribution is -0.310. The lowest BCUT2D eigenvalue weighted by Crippen LogP contribution is -2.75. The van der Waals surface area contributed by atoms with Crippen LogP contribution >= 0.6 is 0 Å². The van der Waals surface area contributed by atoms with Crippen LogP contribution in [-0.2, 0) is 0 Å². The minimum Gasteiger partial charge on any atom is -0.392 e. The van der Waals surface area contributed by atoms with Crippen LogP contribution in [0.3, 0.4) is 0 Å². The first-order chi connectivity index (χ1) is 4.65. The van der Waals surface area contributed by atoms with E-state index in [9.17, 15) is 10.2 Å². The van der Waals surface area contributed by atoms with E-state index >= 15 is 0 Å². The summed E-state index contributed by atoms with van der Waals surface area (Å²) in [5, 5.41) is 19.7. The third kappa shape index (κ3) is 0.695. The minimum absolute atomic E-state index is 0.378. The van der Waals surface area contributed by atoms with Gasteiger partial charge in [0, 0.05) is 10.8 Å². The molecule has 0 saturated heterocycles. The van der Waals surface area contributed by atoms with Crippen molar-refractivity contribution in [2.75, 3.05) is 0 Å². The smallest absolute Gasteiger partial charge is 0.0770 e. The van der Waals surface area contributed by atoms with Crippen molar-refractivity contribution >= 4 is 0 Å². The normalized spacial score (nSPS) is 46.6. The summed E-state index contributed by atoms with van der Waals surface area (Å²) < 4.78 is 0. The van der Waals surface area contributed by atoms with Crippen LogP contribution in [0.2, 0.25) is 0 Å². The summed E-state index contributed by atoms with van der Waals surface area (Å²) in [4.78, 5) is 0. The van der Waals surface area contributed by atoms with Crippen molar-refractivity contribution in [2.45, 2.75) is 46.3 Å². The van der Waals surface area contributed by atoms with Gasteiger partial charge in [-0.3, -0.25) is 0 Å². The second kappa shape index (κ2) is 1.80. The van der Waals surface area contributed by atoms with Crippen molar-refractivity contribution in [3.63, 3.8) is 0 Å². The minimum atomic E-state index is -0.764. The molecule has 0 radical (unpaired) electrons. The molecule has 2 nitrogen and oxygen atoms in total. The molecule has 1 fully saturated rings. The van der Waals surface area contributed by atoms with Crippen LogP contribution in [0.1, 0.15) is 34.6 Å². The zero-order valence-corrected chi connectivity index (χ0v) is 7.97. The Bertz CT molecular complexity index is 162. The van der Waals surface area contributed by atoms with Crippen molar-refractivity contribution in [3.05, 3.63) is 0 Å². The first-order valence-corrected chi connectivity index (χ1v) is 4.06. The van der Waals surface area contributed by atoms with Crippen LogP contribution in [0.15, 0.2) is 0 Å². The summed E-state index contributed by atoms with van der Waals surface area (Å²) >= 11 is 0. The summed E-state index contributed by atoms with van der Waals surface area (Å²) in [5.41, 5.74) is -1.52. The van der Waals surface area contributed by atoms with Crippen molar-refractivity contribution in [1.29, 1.82) is 0 Å². The zero-order chi connectivity index (χ0) is 9.08. The second-order valence-electron chi connectivity index (χ2n) is 4.92. The van der Waals surface area contributed by atoms with Gasteiger partial charge in [0.05, 0.1) is 11.7 Å². The van der Waals surface area contributed by atoms with Crippen LogP contribution in [0.4, 0.5) is 0 Å². The molecule has 11 heavy (non-hydrogen) atoms. The Hall–Kier alpha value is -0.0800. The molecule has 0 aromatic rings. The molecular formula is C9H18O2. The highest BCUT2D eigenvalue weighted by atomic mass is 16.3. The van der Waals surface area contributed by atoms with E-state index < -0.39 is 11.7 Å². The molecule has 0 atom stereocenters. The fourth-order valence-electron chi connectivity index (χ4n) is 2.19. The van der Waals surface area contributed by atoms with Crippen molar-refractivity contribution < 1.29 is 10.2 Å². The second-order valence-corrected chi connectivity index (χ2v) is 4.92. The van der Waals surface area contributed by atoms with Gasteiger partial charge >= 0.3 is 0 Å². The van der Waals surface area contributed by atoms with Gasteiger partial charge in [0.25, 0.3) is 0 Å². The van der Waals surface area contributed by atoms with Crippen LogP contribution in [0.25, 0.3) is 0 Å². The van der Waals surface area contributed by atoms with E-state index in [1.54, 1.807) is 6.92 Å². The van der Waals surface area contributed by atoms with E-state index in [1.165, 1.54) is 0 Å². The molecule has 0 heterocycles. The van der Waals surface area contributed by atoms with Crippen molar-refractivity contribution in [1.82, 2.24) is 0 Å². The molecule has 1 saturated carbocycles. The number of hydrogen-bond acceptors (Lipinski definition) is 2. The van der Waals surface area contributed by atoms with Crippen LogP contribution in [0.5, 0.6) is 0 Å². The summed E-state index contributed by atoms with van der Waals surface area (Å²) in [7, 11) is 0. The molecule has 0 aliphatic heterocycles. The fraction of sp³-hybridized carbons (Fsp3) is 1.00. The van der Waals surface area contributed by atoms with E-state index in [1.807, 2.05) is 27.7 Å².